The molecule has 21 heavy (non-hydrogen) atoms. The molecule has 0 aliphatic rings. The zero-order chi connectivity index (χ0) is 14.2. The zero-order valence-corrected chi connectivity index (χ0v) is 12.9. The van der Waals surface area contributed by atoms with Gasteiger partial charge < -0.3 is 16.2 Å². The van der Waals surface area contributed by atoms with Crippen molar-refractivity contribution < 1.29 is 4.74 Å². The SMILES string of the molecule is Cl.NCCC[C@H](N)c1ccc(OCc2ccccc2)cc1. The first-order valence-electron chi connectivity index (χ1n) is 7.02. The Kier molecular flexibility index (Phi) is 7.83. The molecule has 114 valence electrons. The lowest BCUT2D eigenvalue weighted by Crippen LogP contribution is -2.12. The summed E-state index contributed by atoms with van der Waals surface area (Å²) in [7, 11) is 0. The third-order valence-corrected chi connectivity index (χ3v) is 3.28. The fourth-order valence-corrected chi connectivity index (χ4v) is 2.06. The van der Waals surface area contributed by atoms with E-state index < -0.39 is 0 Å². The van der Waals surface area contributed by atoms with E-state index in [2.05, 4.69) is 12.1 Å². The summed E-state index contributed by atoms with van der Waals surface area (Å²) in [5.74, 6) is 0.864. The van der Waals surface area contributed by atoms with Crippen molar-refractivity contribution in [1.82, 2.24) is 0 Å². The van der Waals surface area contributed by atoms with Crippen molar-refractivity contribution >= 4 is 12.4 Å². The Morgan fingerprint density at radius 2 is 1.62 bits per heavy atom. The van der Waals surface area contributed by atoms with Crippen LogP contribution in [0.25, 0.3) is 0 Å². The van der Waals surface area contributed by atoms with Crippen LogP contribution in [0.2, 0.25) is 0 Å². The summed E-state index contributed by atoms with van der Waals surface area (Å²) in [6.07, 6.45) is 1.87. The van der Waals surface area contributed by atoms with E-state index >= 15 is 0 Å². The van der Waals surface area contributed by atoms with Crippen molar-refractivity contribution in [3.63, 3.8) is 0 Å². The standard InChI is InChI=1S/C17H22N2O.ClH/c18-12-4-7-17(19)15-8-10-16(11-9-15)20-13-14-5-2-1-3-6-14;/h1-3,5-6,8-11,17H,4,7,12-13,18-19H2;1H/t17-;/m0./s1. The summed E-state index contributed by atoms with van der Waals surface area (Å²) in [6.45, 7) is 1.27. The van der Waals surface area contributed by atoms with Gasteiger partial charge in [0.05, 0.1) is 0 Å². The molecule has 0 spiro atoms. The Morgan fingerprint density at radius 1 is 0.952 bits per heavy atom. The lowest BCUT2D eigenvalue weighted by molar-refractivity contribution is 0.306. The Balaban J connectivity index is 0.00000220. The molecule has 0 aliphatic carbocycles. The van der Waals surface area contributed by atoms with Crippen LogP contribution in [0.5, 0.6) is 5.75 Å². The Labute approximate surface area is 132 Å². The number of halogens is 1. The number of nitrogens with two attached hydrogens (primary N) is 2. The lowest BCUT2D eigenvalue weighted by Gasteiger charge is -2.12. The van der Waals surface area contributed by atoms with Crippen molar-refractivity contribution in [1.29, 1.82) is 0 Å². The quantitative estimate of drug-likeness (QED) is 0.824. The van der Waals surface area contributed by atoms with E-state index in [1.165, 1.54) is 0 Å². The maximum atomic E-state index is 6.10. The first kappa shape index (κ1) is 17.5. The summed E-state index contributed by atoms with van der Waals surface area (Å²) < 4.78 is 5.75. The molecule has 1 atom stereocenters. The van der Waals surface area contributed by atoms with E-state index in [0.29, 0.717) is 13.2 Å². The van der Waals surface area contributed by atoms with Gasteiger partial charge in [-0.1, -0.05) is 42.5 Å². The van der Waals surface area contributed by atoms with Crippen LogP contribution in [0.15, 0.2) is 54.6 Å². The van der Waals surface area contributed by atoms with Gasteiger partial charge in [0.15, 0.2) is 0 Å². The first-order chi connectivity index (χ1) is 9.79. The number of hydrogen-bond acceptors (Lipinski definition) is 3. The van der Waals surface area contributed by atoms with Gasteiger partial charge in [0.1, 0.15) is 12.4 Å². The highest BCUT2D eigenvalue weighted by Crippen LogP contribution is 2.20. The molecule has 2 aromatic rings. The second-order valence-electron chi connectivity index (χ2n) is 4.88. The monoisotopic (exact) mass is 306 g/mol. The van der Waals surface area contributed by atoms with Crippen LogP contribution in [0, 0.1) is 0 Å². The average Bonchev–Trinajstić information content (AvgIpc) is 2.52. The minimum Gasteiger partial charge on any atom is -0.489 e. The summed E-state index contributed by atoms with van der Waals surface area (Å²) in [5, 5.41) is 0. The topological polar surface area (TPSA) is 61.3 Å². The fraction of sp³-hybridized carbons (Fsp3) is 0.294. The van der Waals surface area contributed by atoms with E-state index in [0.717, 1.165) is 29.7 Å². The van der Waals surface area contributed by atoms with Crippen LogP contribution < -0.4 is 16.2 Å². The molecule has 0 aliphatic heterocycles. The van der Waals surface area contributed by atoms with Gasteiger partial charge in [0.2, 0.25) is 0 Å². The maximum absolute atomic E-state index is 6.10. The van der Waals surface area contributed by atoms with Crippen molar-refractivity contribution in [3.05, 3.63) is 65.7 Å². The van der Waals surface area contributed by atoms with Gasteiger partial charge in [-0.15, -0.1) is 12.4 Å². The first-order valence-corrected chi connectivity index (χ1v) is 7.02. The Hall–Kier alpha value is -1.55. The van der Waals surface area contributed by atoms with Crippen LogP contribution in [0.4, 0.5) is 0 Å². The normalized spacial score (nSPS) is 11.5. The molecule has 3 nitrogen and oxygen atoms in total. The van der Waals surface area contributed by atoms with E-state index in [1.54, 1.807) is 0 Å². The fourth-order valence-electron chi connectivity index (χ4n) is 2.06. The molecule has 0 saturated heterocycles. The second-order valence-corrected chi connectivity index (χ2v) is 4.88. The van der Waals surface area contributed by atoms with Crippen molar-refractivity contribution in [2.75, 3.05) is 6.54 Å². The van der Waals surface area contributed by atoms with Crippen LogP contribution in [-0.4, -0.2) is 6.54 Å². The van der Waals surface area contributed by atoms with Gasteiger partial charge in [0, 0.05) is 6.04 Å². The van der Waals surface area contributed by atoms with E-state index in [1.807, 2.05) is 42.5 Å². The van der Waals surface area contributed by atoms with Crippen LogP contribution in [-0.2, 0) is 6.61 Å². The van der Waals surface area contributed by atoms with E-state index in [-0.39, 0.29) is 18.4 Å². The molecule has 0 fully saturated rings. The second kappa shape index (κ2) is 9.40. The van der Waals surface area contributed by atoms with Gasteiger partial charge in [-0.25, -0.2) is 0 Å². The van der Waals surface area contributed by atoms with Gasteiger partial charge in [0.25, 0.3) is 0 Å². The van der Waals surface area contributed by atoms with Gasteiger partial charge in [-0.05, 0) is 42.6 Å². The summed E-state index contributed by atoms with van der Waals surface area (Å²) in [6, 6.07) is 18.2. The van der Waals surface area contributed by atoms with Gasteiger partial charge in [-0.2, -0.15) is 0 Å². The van der Waals surface area contributed by atoms with E-state index in [9.17, 15) is 0 Å². The minimum atomic E-state index is 0. The van der Waals surface area contributed by atoms with Crippen molar-refractivity contribution in [2.45, 2.75) is 25.5 Å². The molecule has 0 saturated carbocycles. The molecule has 2 aromatic carbocycles. The van der Waals surface area contributed by atoms with Crippen molar-refractivity contribution in [3.8, 4) is 5.75 Å². The molecular weight excluding hydrogens is 284 g/mol. The summed E-state index contributed by atoms with van der Waals surface area (Å²) in [4.78, 5) is 0. The Bertz CT molecular complexity index is 502. The molecule has 0 amide bonds. The predicted octanol–water partition coefficient (Wildman–Crippen LogP) is 3.43. The Morgan fingerprint density at radius 3 is 2.24 bits per heavy atom. The molecule has 4 heteroatoms. The average molecular weight is 307 g/mol. The maximum Gasteiger partial charge on any atom is 0.119 e. The number of hydrogen-bond donors (Lipinski definition) is 2. The highest BCUT2D eigenvalue weighted by Gasteiger charge is 2.05. The van der Waals surface area contributed by atoms with Crippen LogP contribution in [0.1, 0.15) is 30.0 Å². The lowest BCUT2D eigenvalue weighted by atomic mass is 10.0. The number of benzene rings is 2. The van der Waals surface area contributed by atoms with Gasteiger partial charge in [-0.3, -0.25) is 0 Å². The van der Waals surface area contributed by atoms with Crippen LogP contribution in [0.3, 0.4) is 0 Å². The largest absolute Gasteiger partial charge is 0.489 e. The third kappa shape index (κ3) is 5.76. The third-order valence-electron chi connectivity index (χ3n) is 3.28. The van der Waals surface area contributed by atoms with E-state index in [4.69, 9.17) is 16.2 Å². The molecule has 0 bridgehead atoms. The molecule has 0 heterocycles. The molecule has 0 radical (unpaired) electrons. The predicted molar refractivity (Wildman–Crippen MR) is 89.7 cm³/mol. The summed E-state index contributed by atoms with van der Waals surface area (Å²) in [5.41, 5.74) is 13.9. The number of rotatable bonds is 7. The van der Waals surface area contributed by atoms with Gasteiger partial charge >= 0.3 is 0 Å². The molecule has 0 unspecified atom stereocenters. The molecule has 0 aromatic heterocycles. The molecule has 4 N–H and O–H groups in total. The minimum absolute atomic E-state index is 0. The zero-order valence-electron chi connectivity index (χ0n) is 12.1. The highest BCUT2D eigenvalue weighted by atomic mass is 35.5. The number of ether oxygens (including phenoxy) is 1. The highest BCUT2D eigenvalue weighted by molar-refractivity contribution is 5.85. The molecule has 2 rings (SSSR count). The summed E-state index contributed by atoms with van der Waals surface area (Å²) >= 11 is 0. The smallest absolute Gasteiger partial charge is 0.119 e. The molecular formula is C17H23ClN2O. The van der Waals surface area contributed by atoms with Crippen molar-refractivity contribution in [2.24, 2.45) is 11.5 Å². The van der Waals surface area contributed by atoms with Crippen LogP contribution >= 0.6 is 12.4 Å².